The van der Waals surface area contributed by atoms with E-state index in [0.717, 1.165) is 16.8 Å². The molecular weight excluding hydrogens is 362 g/mol. The molecule has 0 unspecified atom stereocenters. The molecule has 0 spiro atoms. The topological polar surface area (TPSA) is 62.3 Å². The number of nitrogens with zero attached hydrogens (tertiary/aromatic N) is 2. The third-order valence-corrected chi connectivity index (χ3v) is 5.22. The van der Waals surface area contributed by atoms with Crippen molar-refractivity contribution < 1.29 is 9.59 Å². The zero-order valence-corrected chi connectivity index (χ0v) is 16.6. The zero-order chi connectivity index (χ0) is 20.4. The molecule has 1 aromatic heterocycles. The summed E-state index contributed by atoms with van der Waals surface area (Å²) in [6.45, 7) is 4.49. The Morgan fingerprint density at radius 1 is 1.00 bits per heavy atom. The van der Waals surface area contributed by atoms with Gasteiger partial charge in [-0.25, -0.2) is 0 Å². The molecule has 29 heavy (non-hydrogen) atoms. The van der Waals surface area contributed by atoms with Gasteiger partial charge >= 0.3 is 0 Å². The number of anilines is 1. The van der Waals surface area contributed by atoms with Crippen molar-refractivity contribution in [1.82, 2.24) is 10.3 Å². The summed E-state index contributed by atoms with van der Waals surface area (Å²) in [5.74, 6) is -0.229. The predicted octanol–water partition coefficient (Wildman–Crippen LogP) is 4.11. The molecule has 2 aromatic carbocycles. The molecule has 4 rings (SSSR count). The Morgan fingerprint density at radius 3 is 2.34 bits per heavy atom. The van der Waals surface area contributed by atoms with Crippen molar-refractivity contribution >= 4 is 17.5 Å². The van der Waals surface area contributed by atoms with Crippen LogP contribution in [0.4, 0.5) is 5.69 Å². The molecule has 0 aliphatic carbocycles. The van der Waals surface area contributed by atoms with E-state index in [0.29, 0.717) is 17.8 Å². The normalized spacial score (nSPS) is 15.3. The molecule has 1 N–H and O–H groups in total. The van der Waals surface area contributed by atoms with Crippen LogP contribution in [0.15, 0.2) is 66.9 Å². The van der Waals surface area contributed by atoms with E-state index in [2.05, 4.69) is 10.3 Å². The molecule has 0 saturated heterocycles. The van der Waals surface area contributed by atoms with Crippen molar-refractivity contribution in [3.63, 3.8) is 0 Å². The van der Waals surface area contributed by atoms with Crippen LogP contribution in [0.25, 0.3) is 0 Å². The van der Waals surface area contributed by atoms with Crippen LogP contribution in [0.1, 0.15) is 45.2 Å². The first-order chi connectivity index (χ1) is 14.0. The summed E-state index contributed by atoms with van der Waals surface area (Å²) in [6.07, 6.45) is 1.83. The summed E-state index contributed by atoms with van der Waals surface area (Å²) in [5, 5.41) is 2.97. The monoisotopic (exact) mass is 385 g/mol. The predicted molar refractivity (Wildman–Crippen MR) is 113 cm³/mol. The second-order valence-electron chi connectivity index (χ2n) is 7.43. The summed E-state index contributed by atoms with van der Waals surface area (Å²) in [6, 6.07) is 18.9. The number of carbonyl (C=O) groups excluding carboxylic acids is 2. The summed E-state index contributed by atoms with van der Waals surface area (Å²) in [7, 11) is 0. The lowest BCUT2D eigenvalue weighted by Crippen LogP contribution is -2.32. The molecular formula is C24H23N3O2. The Labute approximate surface area is 170 Å². The molecule has 1 aliphatic rings. The first-order valence-corrected chi connectivity index (χ1v) is 9.70. The minimum atomic E-state index is -0.417. The maximum Gasteiger partial charge on any atom is 0.260 e. The number of benzene rings is 2. The SMILES string of the molecule is Cc1ccc(CNC(=O)C[C@@H]2c3ncccc3C(=O)N2c2ccc(C)cc2)cc1. The largest absolute Gasteiger partial charge is 0.352 e. The van der Waals surface area contributed by atoms with E-state index < -0.39 is 6.04 Å². The van der Waals surface area contributed by atoms with Crippen LogP contribution in [-0.2, 0) is 11.3 Å². The molecule has 3 aromatic rings. The molecule has 5 nitrogen and oxygen atoms in total. The van der Waals surface area contributed by atoms with Crippen LogP contribution in [0.3, 0.4) is 0 Å². The average molecular weight is 385 g/mol. The highest BCUT2D eigenvalue weighted by atomic mass is 16.2. The number of carbonyl (C=O) groups is 2. The highest BCUT2D eigenvalue weighted by Gasteiger charge is 2.39. The lowest BCUT2D eigenvalue weighted by atomic mass is 10.1. The van der Waals surface area contributed by atoms with Gasteiger partial charge in [0.05, 0.1) is 23.7 Å². The Kier molecular flexibility index (Phi) is 5.12. The maximum atomic E-state index is 13.0. The summed E-state index contributed by atoms with van der Waals surface area (Å²) < 4.78 is 0. The first kappa shape index (κ1) is 18.9. The van der Waals surface area contributed by atoms with Gasteiger partial charge in [0.2, 0.25) is 5.91 Å². The van der Waals surface area contributed by atoms with Gasteiger partial charge in [-0.1, -0.05) is 47.5 Å². The minimum absolute atomic E-state index is 0.112. The summed E-state index contributed by atoms with van der Waals surface area (Å²) in [4.78, 5) is 31.9. The quantitative estimate of drug-likeness (QED) is 0.719. The summed E-state index contributed by atoms with van der Waals surface area (Å²) in [5.41, 5.74) is 5.33. The third-order valence-electron chi connectivity index (χ3n) is 5.22. The molecule has 0 saturated carbocycles. The Hall–Kier alpha value is -3.47. The molecule has 2 amide bonds. The van der Waals surface area contributed by atoms with Crippen LogP contribution in [-0.4, -0.2) is 16.8 Å². The average Bonchev–Trinajstić information content (AvgIpc) is 3.00. The van der Waals surface area contributed by atoms with E-state index in [-0.39, 0.29) is 18.2 Å². The van der Waals surface area contributed by atoms with Gasteiger partial charge in [0.25, 0.3) is 5.91 Å². The smallest absolute Gasteiger partial charge is 0.260 e. The van der Waals surface area contributed by atoms with Crippen molar-refractivity contribution in [2.75, 3.05) is 4.90 Å². The van der Waals surface area contributed by atoms with Crippen molar-refractivity contribution in [1.29, 1.82) is 0 Å². The number of rotatable bonds is 5. The number of aryl methyl sites for hydroxylation is 2. The molecule has 1 aliphatic heterocycles. The van der Waals surface area contributed by atoms with Gasteiger partial charge < -0.3 is 5.32 Å². The van der Waals surface area contributed by atoms with E-state index in [9.17, 15) is 9.59 Å². The number of amides is 2. The Bertz CT molecular complexity index is 1040. The standard InChI is InChI=1S/C24H23N3O2/c1-16-5-9-18(10-6-16)15-26-22(28)14-21-23-20(4-3-13-25-23)24(29)27(21)19-11-7-17(2)8-12-19/h3-13,21H,14-15H2,1-2H3,(H,26,28)/t21-/m1/s1. The molecule has 5 heteroatoms. The number of hydrogen-bond acceptors (Lipinski definition) is 3. The van der Waals surface area contributed by atoms with Gasteiger partial charge in [0.1, 0.15) is 0 Å². The van der Waals surface area contributed by atoms with Crippen LogP contribution < -0.4 is 10.2 Å². The fourth-order valence-electron chi connectivity index (χ4n) is 3.60. The number of aromatic nitrogens is 1. The van der Waals surface area contributed by atoms with E-state index in [4.69, 9.17) is 0 Å². The van der Waals surface area contributed by atoms with E-state index >= 15 is 0 Å². The van der Waals surface area contributed by atoms with E-state index in [1.54, 1.807) is 23.2 Å². The fraction of sp³-hybridized carbons (Fsp3) is 0.208. The summed E-state index contributed by atoms with van der Waals surface area (Å²) >= 11 is 0. The van der Waals surface area contributed by atoms with Gasteiger partial charge in [-0.2, -0.15) is 0 Å². The van der Waals surface area contributed by atoms with Gasteiger partial charge in [-0.15, -0.1) is 0 Å². The number of hydrogen-bond donors (Lipinski definition) is 1. The number of fused-ring (bicyclic) bond motifs is 1. The van der Waals surface area contributed by atoms with Crippen molar-refractivity contribution in [2.45, 2.75) is 32.9 Å². The van der Waals surface area contributed by atoms with Crippen molar-refractivity contribution in [2.24, 2.45) is 0 Å². The first-order valence-electron chi connectivity index (χ1n) is 9.70. The molecule has 1 atom stereocenters. The second-order valence-corrected chi connectivity index (χ2v) is 7.43. The van der Waals surface area contributed by atoms with Gasteiger partial charge in [0, 0.05) is 18.4 Å². The van der Waals surface area contributed by atoms with Crippen LogP contribution in [0.2, 0.25) is 0 Å². The lowest BCUT2D eigenvalue weighted by molar-refractivity contribution is -0.121. The molecule has 146 valence electrons. The highest BCUT2D eigenvalue weighted by Crippen LogP contribution is 2.38. The fourth-order valence-corrected chi connectivity index (χ4v) is 3.60. The van der Waals surface area contributed by atoms with Gasteiger partial charge in [-0.05, 0) is 43.7 Å². The molecule has 0 fully saturated rings. The van der Waals surface area contributed by atoms with Crippen LogP contribution in [0, 0.1) is 13.8 Å². The Morgan fingerprint density at radius 2 is 1.66 bits per heavy atom. The van der Waals surface area contributed by atoms with Crippen LogP contribution in [0.5, 0.6) is 0 Å². The highest BCUT2D eigenvalue weighted by molar-refractivity contribution is 6.11. The number of pyridine rings is 1. The van der Waals surface area contributed by atoms with Crippen molar-refractivity contribution in [3.8, 4) is 0 Å². The molecule has 2 heterocycles. The lowest BCUT2D eigenvalue weighted by Gasteiger charge is -2.24. The minimum Gasteiger partial charge on any atom is -0.352 e. The molecule has 0 bridgehead atoms. The van der Waals surface area contributed by atoms with E-state index in [1.165, 1.54) is 5.56 Å². The van der Waals surface area contributed by atoms with Crippen LogP contribution >= 0.6 is 0 Å². The maximum absolute atomic E-state index is 13.0. The second kappa shape index (κ2) is 7.87. The van der Waals surface area contributed by atoms with Crippen molar-refractivity contribution in [3.05, 3.63) is 94.8 Å². The number of nitrogens with one attached hydrogen (secondary N) is 1. The third kappa shape index (κ3) is 3.90. The van der Waals surface area contributed by atoms with Gasteiger partial charge in [0.15, 0.2) is 0 Å². The molecule has 0 radical (unpaired) electrons. The van der Waals surface area contributed by atoms with Gasteiger partial charge in [-0.3, -0.25) is 19.5 Å². The zero-order valence-electron chi connectivity index (χ0n) is 16.6. The van der Waals surface area contributed by atoms with E-state index in [1.807, 2.05) is 62.4 Å². The Balaban J connectivity index is 1.55.